The Morgan fingerprint density at radius 3 is 2.74 bits per heavy atom. The van der Waals surface area contributed by atoms with Crippen molar-refractivity contribution in [3.63, 3.8) is 0 Å². The van der Waals surface area contributed by atoms with Crippen LogP contribution >= 0.6 is 11.3 Å². The number of methoxy groups -OCH3 is 1. The van der Waals surface area contributed by atoms with E-state index in [1.54, 1.807) is 29.5 Å². The Hall–Kier alpha value is -2.54. The van der Waals surface area contributed by atoms with E-state index in [-0.39, 0.29) is 12.6 Å². The lowest BCUT2D eigenvalue weighted by Crippen LogP contribution is -2.28. The molecule has 0 saturated carbocycles. The Balaban J connectivity index is 1.87. The second-order valence-corrected chi connectivity index (χ2v) is 5.76. The average Bonchev–Trinajstić information content (AvgIpc) is 3.06. The van der Waals surface area contributed by atoms with E-state index in [1.165, 1.54) is 7.11 Å². The molecule has 1 aromatic carbocycles. The van der Waals surface area contributed by atoms with Crippen molar-refractivity contribution in [1.29, 1.82) is 0 Å². The first-order valence-corrected chi connectivity index (χ1v) is 7.84. The molecule has 0 atom stereocenters. The lowest BCUT2D eigenvalue weighted by atomic mass is 10.2. The summed E-state index contributed by atoms with van der Waals surface area (Å²) < 4.78 is 9.80. The van der Waals surface area contributed by atoms with Gasteiger partial charge in [0.25, 0.3) is 0 Å². The minimum atomic E-state index is -0.446. The van der Waals surface area contributed by atoms with Crippen LogP contribution in [0.3, 0.4) is 0 Å². The van der Waals surface area contributed by atoms with Gasteiger partial charge in [0.05, 0.1) is 13.7 Å². The zero-order chi connectivity index (χ0) is 16.7. The Labute approximate surface area is 138 Å². The molecule has 2 amide bonds. The minimum Gasteiger partial charge on any atom is -0.482 e. The third kappa shape index (κ3) is 5.30. The van der Waals surface area contributed by atoms with Crippen molar-refractivity contribution >= 4 is 29.0 Å². The van der Waals surface area contributed by atoms with Crippen LogP contribution in [0.4, 0.5) is 10.5 Å². The fraction of sp³-hybridized carbons (Fsp3) is 0.250. The largest absolute Gasteiger partial charge is 0.482 e. The maximum atomic E-state index is 11.9. The predicted octanol–water partition coefficient (Wildman–Crippen LogP) is 2.93. The van der Waals surface area contributed by atoms with E-state index in [0.29, 0.717) is 18.0 Å². The van der Waals surface area contributed by atoms with Crippen molar-refractivity contribution in [3.05, 3.63) is 46.2 Å². The summed E-state index contributed by atoms with van der Waals surface area (Å²) in [5.41, 5.74) is 1.51. The molecular weight excluding hydrogens is 316 g/mol. The van der Waals surface area contributed by atoms with E-state index in [2.05, 4.69) is 15.4 Å². The molecule has 0 unspecified atom stereocenters. The van der Waals surface area contributed by atoms with Crippen molar-refractivity contribution in [3.8, 4) is 5.75 Å². The smallest absolute Gasteiger partial charge is 0.343 e. The fourth-order valence-corrected chi connectivity index (χ4v) is 2.46. The molecule has 0 aliphatic heterocycles. The summed E-state index contributed by atoms with van der Waals surface area (Å²) >= 11 is 1.59. The molecule has 23 heavy (non-hydrogen) atoms. The molecule has 0 fully saturated rings. The summed E-state index contributed by atoms with van der Waals surface area (Å²) in [5.74, 6) is 0.0928. The van der Waals surface area contributed by atoms with Crippen LogP contribution in [-0.2, 0) is 16.1 Å². The number of esters is 1. The number of nitrogens with one attached hydrogen (secondary N) is 2. The van der Waals surface area contributed by atoms with Crippen LogP contribution < -0.4 is 15.4 Å². The molecule has 2 rings (SSSR count). The van der Waals surface area contributed by atoms with E-state index in [9.17, 15) is 9.59 Å². The number of amides is 2. The Bertz CT molecular complexity index is 671. The van der Waals surface area contributed by atoms with E-state index < -0.39 is 5.97 Å². The number of anilines is 1. The highest BCUT2D eigenvalue weighted by Crippen LogP contribution is 2.21. The molecular formula is C16H18N2O4S. The van der Waals surface area contributed by atoms with Gasteiger partial charge in [0.2, 0.25) is 0 Å². The van der Waals surface area contributed by atoms with E-state index >= 15 is 0 Å². The van der Waals surface area contributed by atoms with Crippen LogP contribution in [0.5, 0.6) is 5.75 Å². The molecule has 0 spiro atoms. The highest BCUT2D eigenvalue weighted by Gasteiger charge is 2.07. The maximum absolute atomic E-state index is 11.9. The first kappa shape index (κ1) is 16.8. The summed E-state index contributed by atoms with van der Waals surface area (Å²) in [6.07, 6.45) is 0. The van der Waals surface area contributed by atoms with Gasteiger partial charge in [-0.25, -0.2) is 9.59 Å². The number of aryl methyl sites for hydroxylation is 1. The number of hydrogen-bond donors (Lipinski definition) is 2. The minimum absolute atomic E-state index is 0.149. The number of urea groups is 1. The van der Waals surface area contributed by atoms with Gasteiger partial charge in [0, 0.05) is 10.6 Å². The van der Waals surface area contributed by atoms with Crippen LogP contribution in [0.15, 0.2) is 35.7 Å². The van der Waals surface area contributed by atoms with Gasteiger partial charge in [-0.15, -0.1) is 11.3 Å². The second-order valence-electron chi connectivity index (χ2n) is 4.73. The molecule has 0 bridgehead atoms. The van der Waals surface area contributed by atoms with Gasteiger partial charge in [-0.1, -0.05) is 6.07 Å². The topological polar surface area (TPSA) is 76.7 Å². The summed E-state index contributed by atoms with van der Waals surface area (Å²) in [7, 11) is 1.30. The van der Waals surface area contributed by atoms with Crippen molar-refractivity contribution < 1.29 is 19.1 Å². The number of rotatable bonds is 6. The number of carbonyl (C=O) groups excluding carboxylic acids is 2. The number of benzene rings is 1. The van der Waals surface area contributed by atoms with E-state index in [0.717, 1.165) is 10.4 Å². The van der Waals surface area contributed by atoms with Gasteiger partial charge in [-0.3, -0.25) is 0 Å². The number of ether oxygens (including phenoxy) is 2. The summed E-state index contributed by atoms with van der Waals surface area (Å²) in [6, 6.07) is 8.79. The Morgan fingerprint density at radius 1 is 1.26 bits per heavy atom. The normalized spacial score (nSPS) is 10.0. The molecule has 2 aromatic rings. The van der Waals surface area contributed by atoms with Crippen molar-refractivity contribution in [1.82, 2.24) is 5.32 Å². The van der Waals surface area contributed by atoms with E-state index in [1.807, 2.05) is 24.4 Å². The Morgan fingerprint density at radius 2 is 2.09 bits per heavy atom. The highest BCUT2D eigenvalue weighted by molar-refractivity contribution is 7.09. The molecule has 6 nitrogen and oxygen atoms in total. The molecule has 0 saturated heterocycles. The van der Waals surface area contributed by atoms with Crippen LogP contribution in [0.1, 0.15) is 10.4 Å². The number of carbonyl (C=O) groups is 2. The monoisotopic (exact) mass is 334 g/mol. The van der Waals surface area contributed by atoms with Gasteiger partial charge in [-0.05, 0) is 42.1 Å². The second kappa shape index (κ2) is 8.19. The molecule has 0 radical (unpaired) electrons. The first-order chi connectivity index (χ1) is 11.1. The lowest BCUT2D eigenvalue weighted by molar-refractivity contribution is -0.142. The number of hydrogen-bond acceptors (Lipinski definition) is 5. The van der Waals surface area contributed by atoms with Gasteiger partial charge in [-0.2, -0.15) is 0 Å². The van der Waals surface area contributed by atoms with E-state index in [4.69, 9.17) is 4.74 Å². The van der Waals surface area contributed by atoms with Crippen LogP contribution in [0.25, 0.3) is 0 Å². The Kier molecular flexibility index (Phi) is 5.99. The fourth-order valence-electron chi connectivity index (χ4n) is 1.81. The van der Waals surface area contributed by atoms with Crippen LogP contribution in [-0.4, -0.2) is 25.7 Å². The van der Waals surface area contributed by atoms with Crippen molar-refractivity contribution in [2.75, 3.05) is 19.0 Å². The molecule has 1 heterocycles. The zero-order valence-electron chi connectivity index (χ0n) is 12.9. The highest BCUT2D eigenvalue weighted by atomic mass is 32.1. The van der Waals surface area contributed by atoms with Gasteiger partial charge in [0.15, 0.2) is 6.61 Å². The third-order valence-electron chi connectivity index (χ3n) is 3.03. The quantitative estimate of drug-likeness (QED) is 0.796. The SMILES string of the molecule is COC(=O)COc1ccc(NC(=O)NCc2cccs2)c(C)c1. The lowest BCUT2D eigenvalue weighted by Gasteiger charge is -2.11. The van der Waals surface area contributed by atoms with Crippen LogP contribution in [0, 0.1) is 6.92 Å². The number of thiophene rings is 1. The summed E-state index contributed by atoms with van der Waals surface area (Å²) in [6.45, 7) is 2.19. The predicted molar refractivity (Wildman–Crippen MR) is 88.9 cm³/mol. The van der Waals surface area contributed by atoms with Crippen LogP contribution in [0.2, 0.25) is 0 Å². The molecule has 0 aliphatic rings. The molecule has 7 heteroatoms. The maximum Gasteiger partial charge on any atom is 0.343 e. The molecule has 1 aromatic heterocycles. The van der Waals surface area contributed by atoms with Gasteiger partial charge >= 0.3 is 12.0 Å². The third-order valence-corrected chi connectivity index (χ3v) is 3.91. The van der Waals surface area contributed by atoms with Gasteiger partial charge in [0.1, 0.15) is 5.75 Å². The molecule has 0 aliphatic carbocycles. The average molecular weight is 334 g/mol. The first-order valence-electron chi connectivity index (χ1n) is 6.96. The molecule has 122 valence electrons. The standard InChI is InChI=1S/C16H18N2O4S/c1-11-8-12(22-10-15(19)21-2)5-6-14(11)18-16(20)17-9-13-4-3-7-23-13/h3-8H,9-10H2,1-2H3,(H2,17,18,20). The summed E-state index contributed by atoms with van der Waals surface area (Å²) in [4.78, 5) is 24.0. The zero-order valence-corrected chi connectivity index (χ0v) is 13.7. The van der Waals surface area contributed by atoms with Crippen molar-refractivity contribution in [2.45, 2.75) is 13.5 Å². The van der Waals surface area contributed by atoms with Crippen molar-refractivity contribution in [2.24, 2.45) is 0 Å². The molecule has 2 N–H and O–H groups in total. The van der Waals surface area contributed by atoms with Gasteiger partial charge < -0.3 is 20.1 Å². The summed E-state index contributed by atoms with van der Waals surface area (Å²) in [5, 5.41) is 7.54.